The van der Waals surface area contributed by atoms with Crippen LogP contribution in [0.25, 0.3) is 0 Å². The molecule has 4 aliphatic carbocycles. The predicted molar refractivity (Wildman–Crippen MR) is 97.1 cm³/mol. The van der Waals surface area contributed by atoms with Crippen LogP contribution in [-0.2, 0) is 14.2 Å². The summed E-state index contributed by atoms with van der Waals surface area (Å²) in [5.41, 5.74) is 2.67. The molecule has 0 amide bonds. The van der Waals surface area contributed by atoms with Gasteiger partial charge < -0.3 is 14.2 Å². The van der Waals surface area contributed by atoms with E-state index < -0.39 is 0 Å². The van der Waals surface area contributed by atoms with Crippen molar-refractivity contribution in [3.05, 3.63) is 11.6 Å². The maximum absolute atomic E-state index is 6.05. The lowest BCUT2D eigenvalue weighted by atomic mass is 9.47. The zero-order valence-corrected chi connectivity index (χ0v) is 16.4. The molecule has 0 radical (unpaired) electrons. The number of allylic oxidation sites excluding steroid dienone is 1. The highest BCUT2D eigenvalue weighted by atomic mass is 16.7. The fourth-order valence-electron chi connectivity index (χ4n) is 7.69. The third-order valence-electron chi connectivity index (χ3n) is 9.64. The smallest absolute Gasteiger partial charge is 0.171 e. The van der Waals surface area contributed by atoms with Gasteiger partial charge in [-0.1, -0.05) is 25.5 Å². The Balaban J connectivity index is 1.47. The molecule has 0 N–H and O–H groups in total. The van der Waals surface area contributed by atoms with E-state index in [9.17, 15) is 0 Å². The molecule has 25 heavy (non-hydrogen) atoms. The van der Waals surface area contributed by atoms with E-state index >= 15 is 0 Å². The molecule has 0 aromatic carbocycles. The molecule has 1 aliphatic heterocycles. The average molecular weight is 347 g/mol. The van der Waals surface area contributed by atoms with E-state index in [0.29, 0.717) is 10.8 Å². The average Bonchev–Trinajstić information content (AvgIpc) is 3.35. The van der Waals surface area contributed by atoms with Gasteiger partial charge in [0.1, 0.15) is 0 Å². The van der Waals surface area contributed by atoms with Crippen LogP contribution in [0.15, 0.2) is 11.6 Å². The van der Waals surface area contributed by atoms with Crippen LogP contribution in [0.5, 0.6) is 0 Å². The van der Waals surface area contributed by atoms with Crippen LogP contribution >= 0.6 is 0 Å². The SMILES string of the molecule is COC1(OC)CC[C@@]2(C)C(=CC[C@@H]3[C@H]2CC[C@]2(C)[C@H]3CC[C@]23CO3)C1. The van der Waals surface area contributed by atoms with Gasteiger partial charge in [-0.15, -0.1) is 0 Å². The van der Waals surface area contributed by atoms with Crippen molar-refractivity contribution in [2.24, 2.45) is 28.6 Å². The van der Waals surface area contributed by atoms with Gasteiger partial charge in [0.05, 0.1) is 12.2 Å². The summed E-state index contributed by atoms with van der Waals surface area (Å²) in [6, 6.07) is 0. The van der Waals surface area contributed by atoms with Crippen molar-refractivity contribution in [3.63, 3.8) is 0 Å². The van der Waals surface area contributed by atoms with Crippen LogP contribution in [0.1, 0.15) is 65.2 Å². The molecule has 1 saturated heterocycles. The Bertz CT molecular complexity index is 602. The summed E-state index contributed by atoms with van der Waals surface area (Å²) in [6.07, 6.45) is 12.4. The van der Waals surface area contributed by atoms with Gasteiger partial charge in [-0.3, -0.25) is 0 Å². The van der Waals surface area contributed by atoms with Crippen LogP contribution in [-0.4, -0.2) is 32.2 Å². The minimum atomic E-state index is -0.388. The largest absolute Gasteiger partial charge is 0.369 e. The Morgan fingerprint density at radius 2 is 1.72 bits per heavy atom. The summed E-state index contributed by atoms with van der Waals surface area (Å²) in [5.74, 6) is 2.17. The zero-order chi connectivity index (χ0) is 17.5. The number of hydrogen-bond donors (Lipinski definition) is 0. The van der Waals surface area contributed by atoms with Gasteiger partial charge >= 0.3 is 0 Å². The summed E-state index contributed by atoms with van der Waals surface area (Å²) in [4.78, 5) is 0. The third-order valence-corrected chi connectivity index (χ3v) is 9.64. The second-order valence-corrected chi connectivity index (χ2v) is 10.0. The summed E-state index contributed by atoms with van der Waals surface area (Å²) in [5, 5.41) is 0. The molecule has 6 atom stereocenters. The maximum atomic E-state index is 6.05. The monoisotopic (exact) mass is 346 g/mol. The molecule has 3 heteroatoms. The van der Waals surface area contributed by atoms with E-state index in [4.69, 9.17) is 14.2 Å². The van der Waals surface area contributed by atoms with Crippen molar-refractivity contribution < 1.29 is 14.2 Å². The normalized spacial score (nSPS) is 53.0. The van der Waals surface area contributed by atoms with Crippen molar-refractivity contribution in [1.29, 1.82) is 0 Å². The molecule has 4 fully saturated rings. The summed E-state index contributed by atoms with van der Waals surface area (Å²) in [7, 11) is 3.61. The lowest BCUT2D eigenvalue weighted by Gasteiger charge is -2.59. The molecule has 5 rings (SSSR count). The Kier molecular flexibility index (Phi) is 3.43. The van der Waals surface area contributed by atoms with Gasteiger partial charge in [0, 0.05) is 32.5 Å². The number of methoxy groups -OCH3 is 2. The second-order valence-electron chi connectivity index (χ2n) is 10.0. The van der Waals surface area contributed by atoms with Gasteiger partial charge in [0.2, 0.25) is 0 Å². The predicted octanol–water partition coefficient (Wildman–Crippen LogP) is 4.71. The zero-order valence-electron chi connectivity index (χ0n) is 16.4. The van der Waals surface area contributed by atoms with Crippen molar-refractivity contribution in [3.8, 4) is 0 Å². The van der Waals surface area contributed by atoms with Crippen LogP contribution in [0.4, 0.5) is 0 Å². The van der Waals surface area contributed by atoms with E-state index in [-0.39, 0.29) is 11.4 Å². The van der Waals surface area contributed by atoms with Crippen molar-refractivity contribution in [2.45, 2.75) is 76.6 Å². The van der Waals surface area contributed by atoms with Gasteiger partial charge in [-0.2, -0.15) is 0 Å². The van der Waals surface area contributed by atoms with Crippen LogP contribution in [0.2, 0.25) is 0 Å². The molecule has 1 spiro atoms. The molecule has 140 valence electrons. The lowest BCUT2D eigenvalue weighted by Crippen LogP contribution is -2.53. The van der Waals surface area contributed by atoms with Crippen LogP contribution in [0, 0.1) is 28.6 Å². The molecule has 0 unspecified atom stereocenters. The molecule has 3 saturated carbocycles. The highest BCUT2D eigenvalue weighted by Gasteiger charge is 2.69. The van der Waals surface area contributed by atoms with Gasteiger partial charge in [-0.25, -0.2) is 0 Å². The first-order valence-corrected chi connectivity index (χ1v) is 10.4. The highest BCUT2D eigenvalue weighted by Crippen LogP contribution is 2.70. The number of epoxide rings is 1. The van der Waals surface area contributed by atoms with Crippen molar-refractivity contribution in [1.82, 2.24) is 0 Å². The molecule has 3 nitrogen and oxygen atoms in total. The standard InChI is InChI=1S/C22H34O3/c1-19-11-12-22(23-3,24-4)13-15(19)5-6-16-17(19)7-9-20(2)18(16)8-10-21(20)14-25-21/h5,16-18H,6-14H2,1-4H3/t16-,17-,18+,19+,20-,21+/m1/s1. The first kappa shape index (κ1) is 16.8. The number of rotatable bonds is 2. The Morgan fingerprint density at radius 3 is 2.40 bits per heavy atom. The van der Waals surface area contributed by atoms with E-state index in [1.54, 1.807) is 19.8 Å². The Morgan fingerprint density at radius 1 is 1.00 bits per heavy atom. The highest BCUT2D eigenvalue weighted by molar-refractivity contribution is 5.28. The quantitative estimate of drug-likeness (QED) is 0.412. The van der Waals surface area contributed by atoms with Crippen molar-refractivity contribution in [2.75, 3.05) is 20.8 Å². The lowest BCUT2D eigenvalue weighted by molar-refractivity contribution is -0.227. The first-order chi connectivity index (χ1) is 11.9. The Labute approximate surface area is 152 Å². The topological polar surface area (TPSA) is 31.0 Å². The van der Waals surface area contributed by atoms with E-state index in [1.165, 1.54) is 38.5 Å². The van der Waals surface area contributed by atoms with Gasteiger partial charge in [0.25, 0.3) is 0 Å². The second kappa shape index (κ2) is 5.11. The van der Waals surface area contributed by atoms with Crippen LogP contribution in [0.3, 0.4) is 0 Å². The van der Waals surface area contributed by atoms with E-state index in [1.807, 2.05) is 0 Å². The fourth-order valence-corrected chi connectivity index (χ4v) is 7.69. The number of fused-ring (bicyclic) bond motifs is 6. The molecule has 0 aromatic heterocycles. The molecule has 0 bridgehead atoms. The number of hydrogen-bond acceptors (Lipinski definition) is 3. The summed E-state index contributed by atoms with van der Waals surface area (Å²) >= 11 is 0. The molecular weight excluding hydrogens is 312 g/mol. The van der Waals surface area contributed by atoms with Crippen molar-refractivity contribution >= 4 is 0 Å². The minimum absolute atomic E-state index is 0.265. The van der Waals surface area contributed by atoms with Gasteiger partial charge in [0.15, 0.2) is 5.79 Å². The van der Waals surface area contributed by atoms with Gasteiger partial charge in [-0.05, 0) is 61.7 Å². The summed E-state index contributed by atoms with van der Waals surface area (Å²) < 4.78 is 17.6. The fraction of sp³-hybridized carbons (Fsp3) is 0.909. The molecule has 1 heterocycles. The third kappa shape index (κ3) is 1.98. The van der Waals surface area contributed by atoms with E-state index in [0.717, 1.165) is 37.2 Å². The van der Waals surface area contributed by atoms with E-state index in [2.05, 4.69) is 19.9 Å². The minimum Gasteiger partial charge on any atom is -0.369 e. The summed E-state index contributed by atoms with van der Waals surface area (Å²) in [6.45, 7) is 6.13. The number of ether oxygens (including phenoxy) is 3. The van der Waals surface area contributed by atoms with Crippen LogP contribution < -0.4 is 0 Å². The maximum Gasteiger partial charge on any atom is 0.171 e. The Hall–Kier alpha value is -0.380. The molecule has 5 aliphatic rings. The first-order valence-electron chi connectivity index (χ1n) is 10.4. The molecule has 0 aromatic rings. The molecular formula is C22H34O3.